The van der Waals surface area contributed by atoms with Crippen molar-refractivity contribution in [3.8, 4) is 0 Å². The monoisotopic (exact) mass is 278 g/mol. The lowest BCUT2D eigenvalue weighted by Crippen LogP contribution is -2.33. The average Bonchev–Trinajstić information content (AvgIpc) is 3.00. The summed E-state index contributed by atoms with van der Waals surface area (Å²) in [6.45, 7) is 0.972. The van der Waals surface area contributed by atoms with E-state index in [1.807, 2.05) is 0 Å². The van der Waals surface area contributed by atoms with Crippen LogP contribution in [0.2, 0.25) is 5.02 Å². The molecule has 1 aromatic heterocycles. The lowest BCUT2D eigenvalue weighted by atomic mass is 10.6. The first kappa shape index (κ1) is 12.8. The summed E-state index contributed by atoms with van der Waals surface area (Å²) in [6, 6.07) is 0.569. The lowest BCUT2D eigenvalue weighted by Gasteiger charge is -2.07. The van der Waals surface area contributed by atoms with Crippen LogP contribution in [0.5, 0.6) is 0 Å². The molecule has 1 saturated carbocycles. The molecule has 1 fully saturated rings. The molecule has 1 aromatic rings. The molecule has 96 valence electrons. The minimum Gasteiger partial charge on any atom is -0.313 e. The molecule has 0 atom stereocenters. The molecule has 1 aliphatic carbocycles. The third kappa shape index (κ3) is 3.19. The molecule has 0 bridgehead atoms. The molecular formula is C9H15ClN4O2S. The number of nitrogens with zero attached hydrogens (tertiary/aromatic N) is 2. The Morgan fingerprint density at radius 3 is 2.76 bits per heavy atom. The van der Waals surface area contributed by atoms with Gasteiger partial charge in [-0.1, -0.05) is 11.6 Å². The van der Waals surface area contributed by atoms with Crippen LogP contribution in [0.15, 0.2) is 11.2 Å². The van der Waals surface area contributed by atoms with Crippen molar-refractivity contribution in [1.29, 1.82) is 0 Å². The van der Waals surface area contributed by atoms with Crippen LogP contribution >= 0.6 is 11.6 Å². The maximum Gasteiger partial charge on any atom is 0.259 e. The Morgan fingerprint density at radius 2 is 2.24 bits per heavy atom. The normalized spacial score (nSPS) is 16.4. The minimum atomic E-state index is -3.58. The van der Waals surface area contributed by atoms with Crippen molar-refractivity contribution < 1.29 is 8.42 Å². The topological polar surface area (TPSA) is 76.0 Å². The largest absolute Gasteiger partial charge is 0.313 e. The van der Waals surface area contributed by atoms with Gasteiger partial charge in [-0.2, -0.15) is 5.10 Å². The van der Waals surface area contributed by atoms with Gasteiger partial charge in [-0.15, -0.1) is 0 Å². The van der Waals surface area contributed by atoms with E-state index in [4.69, 9.17) is 11.6 Å². The third-order valence-electron chi connectivity index (χ3n) is 2.52. The van der Waals surface area contributed by atoms with E-state index < -0.39 is 10.0 Å². The van der Waals surface area contributed by atoms with E-state index in [1.54, 1.807) is 7.05 Å². The van der Waals surface area contributed by atoms with E-state index in [2.05, 4.69) is 15.1 Å². The maximum atomic E-state index is 11.9. The summed E-state index contributed by atoms with van der Waals surface area (Å²) in [5.41, 5.74) is 0. The first-order valence-corrected chi connectivity index (χ1v) is 7.27. The Balaban J connectivity index is 1.93. The molecule has 6 nitrogen and oxygen atoms in total. The van der Waals surface area contributed by atoms with Crippen LogP contribution < -0.4 is 10.0 Å². The molecule has 0 unspecified atom stereocenters. The summed E-state index contributed by atoms with van der Waals surface area (Å²) < 4.78 is 27.6. The van der Waals surface area contributed by atoms with Crippen LogP contribution in [0.1, 0.15) is 12.8 Å². The molecule has 8 heteroatoms. The highest BCUT2D eigenvalue weighted by molar-refractivity contribution is 7.89. The van der Waals surface area contributed by atoms with Gasteiger partial charge in [0.15, 0.2) is 5.03 Å². The van der Waals surface area contributed by atoms with Gasteiger partial charge in [0.1, 0.15) is 0 Å². The molecule has 17 heavy (non-hydrogen) atoms. The zero-order valence-corrected chi connectivity index (χ0v) is 11.1. The van der Waals surface area contributed by atoms with Crippen molar-refractivity contribution in [2.45, 2.75) is 23.9 Å². The second-order valence-electron chi connectivity index (χ2n) is 4.05. The molecule has 1 aliphatic rings. The van der Waals surface area contributed by atoms with Crippen molar-refractivity contribution in [1.82, 2.24) is 19.8 Å². The van der Waals surface area contributed by atoms with Crippen molar-refractivity contribution in [3.05, 3.63) is 11.2 Å². The number of sulfonamides is 1. The highest BCUT2D eigenvalue weighted by atomic mass is 35.5. The van der Waals surface area contributed by atoms with Gasteiger partial charge in [-0.3, -0.25) is 4.68 Å². The molecule has 2 N–H and O–H groups in total. The standard InChI is InChI=1S/C9H15ClN4O2S/c1-14-9(8(10)6-12-14)17(15,16)13-5-4-11-7-2-3-7/h6-7,11,13H,2-5H2,1H3. The van der Waals surface area contributed by atoms with E-state index in [0.717, 1.165) is 0 Å². The van der Waals surface area contributed by atoms with Crippen molar-refractivity contribution in [2.75, 3.05) is 13.1 Å². The van der Waals surface area contributed by atoms with Crippen molar-refractivity contribution in [3.63, 3.8) is 0 Å². The van der Waals surface area contributed by atoms with Crippen LogP contribution in [0, 0.1) is 0 Å². The number of aryl methyl sites for hydroxylation is 1. The number of nitrogens with one attached hydrogen (secondary N) is 2. The van der Waals surface area contributed by atoms with Gasteiger partial charge in [0.25, 0.3) is 10.0 Å². The smallest absolute Gasteiger partial charge is 0.259 e. The molecular weight excluding hydrogens is 264 g/mol. The number of hydrogen-bond donors (Lipinski definition) is 2. The number of aromatic nitrogens is 2. The maximum absolute atomic E-state index is 11.9. The Bertz CT molecular complexity index is 476. The molecule has 0 aliphatic heterocycles. The Hall–Kier alpha value is -0.630. The summed E-state index contributed by atoms with van der Waals surface area (Å²) in [7, 11) is -2.03. The molecule has 2 rings (SSSR count). The van der Waals surface area contributed by atoms with Crippen LogP contribution in [0.25, 0.3) is 0 Å². The predicted octanol–water partition coefficient (Wildman–Crippen LogP) is 0.104. The summed E-state index contributed by atoms with van der Waals surface area (Å²) in [4.78, 5) is 0. The third-order valence-corrected chi connectivity index (χ3v) is 4.49. The number of halogens is 1. The van der Waals surface area contributed by atoms with Crippen LogP contribution in [0.4, 0.5) is 0 Å². The second-order valence-corrected chi connectivity index (χ2v) is 6.14. The minimum absolute atomic E-state index is 0.00517. The van der Waals surface area contributed by atoms with Crippen LogP contribution in [-0.2, 0) is 17.1 Å². The second kappa shape index (κ2) is 4.93. The van der Waals surface area contributed by atoms with Gasteiger partial charge in [0, 0.05) is 26.2 Å². The zero-order chi connectivity index (χ0) is 12.5. The molecule has 0 aromatic carbocycles. The lowest BCUT2D eigenvalue weighted by molar-refractivity contribution is 0.558. The van der Waals surface area contributed by atoms with Crippen molar-refractivity contribution in [2.24, 2.45) is 7.05 Å². The Kier molecular flexibility index (Phi) is 3.72. The summed E-state index contributed by atoms with van der Waals surface area (Å²) >= 11 is 5.78. The van der Waals surface area contributed by atoms with Gasteiger partial charge in [-0.05, 0) is 12.8 Å². The SMILES string of the molecule is Cn1ncc(Cl)c1S(=O)(=O)NCCNC1CC1. The van der Waals surface area contributed by atoms with Gasteiger partial charge < -0.3 is 5.32 Å². The number of hydrogen-bond acceptors (Lipinski definition) is 4. The highest BCUT2D eigenvalue weighted by Crippen LogP contribution is 2.19. The molecule has 0 saturated heterocycles. The average molecular weight is 279 g/mol. The van der Waals surface area contributed by atoms with Gasteiger partial charge in [-0.25, -0.2) is 13.1 Å². The predicted molar refractivity (Wildman–Crippen MR) is 64.4 cm³/mol. The summed E-state index contributed by atoms with van der Waals surface area (Å²) in [5, 5.41) is 7.16. The van der Waals surface area contributed by atoms with E-state index >= 15 is 0 Å². The molecule has 0 spiro atoms. The quantitative estimate of drug-likeness (QED) is 0.724. The fourth-order valence-corrected chi connectivity index (χ4v) is 3.20. The molecule has 0 amide bonds. The van der Waals surface area contributed by atoms with Gasteiger partial charge in [0.2, 0.25) is 0 Å². The highest BCUT2D eigenvalue weighted by Gasteiger charge is 2.23. The van der Waals surface area contributed by atoms with Crippen LogP contribution in [0.3, 0.4) is 0 Å². The van der Waals surface area contributed by atoms with Crippen molar-refractivity contribution >= 4 is 21.6 Å². The van der Waals surface area contributed by atoms with E-state index in [9.17, 15) is 8.42 Å². The van der Waals surface area contributed by atoms with E-state index in [1.165, 1.54) is 23.7 Å². The fraction of sp³-hybridized carbons (Fsp3) is 0.667. The number of rotatable bonds is 6. The van der Waals surface area contributed by atoms with Crippen LogP contribution in [-0.4, -0.2) is 37.3 Å². The first-order valence-electron chi connectivity index (χ1n) is 5.41. The summed E-state index contributed by atoms with van der Waals surface area (Å²) in [5.74, 6) is 0. The van der Waals surface area contributed by atoms with E-state index in [-0.39, 0.29) is 10.0 Å². The first-order chi connectivity index (χ1) is 8.00. The fourth-order valence-electron chi connectivity index (χ4n) is 1.52. The van der Waals surface area contributed by atoms with E-state index in [0.29, 0.717) is 19.1 Å². The zero-order valence-electron chi connectivity index (χ0n) is 9.48. The Labute approximate surface area is 105 Å². The van der Waals surface area contributed by atoms with Gasteiger partial charge >= 0.3 is 0 Å². The summed E-state index contributed by atoms with van der Waals surface area (Å²) in [6.07, 6.45) is 3.68. The molecule has 0 radical (unpaired) electrons. The molecule has 1 heterocycles. The Morgan fingerprint density at radius 1 is 1.53 bits per heavy atom. The van der Waals surface area contributed by atoms with Gasteiger partial charge in [0.05, 0.1) is 11.2 Å².